The number of hydrogen-bond donors (Lipinski definition) is 2. The van der Waals surface area contributed by atoms with Gasteiger partial charge in [-0.05, 0) is 43.9 Å². The van der Waals surface area contributed by atoms with Crippen LogP contribution in [0, 0.1) is 5.41 Å². The maximum atomic E-state index is 12.4. The van der Waals surface area contributed by atoms with Gasteiger partial charge in [-0.25, -0.2) is 0 Å². The number of nitrogens with one attached hydrogen (secondary N) is 2. The van der Waals surface area contributed by atoms with E-state index in [0.29, 0.717) is 11.3 Å². The van der Waals surface area contributed by atoms with E-state index >= 15 is 0 Å². The third-order valence-electron chi connectivity index (χ3n) is 3.93. The SMILES string of the molecule is CC(=O)c1cccc(NC(=O)C2NCCCC2(C)C)c1. The van der Waals surface area contributed by atoms with Crippen molar-refractivity contribution in [2.45, 2.75) is 39.7 Å². The van der Waals surface area contributed by atoms with E-state index in [9.17, 15) is 9.59 Å². The fraction of sp³-hybridized carbons (Fsp3) is 0.500. The summed E-state index contributed by atoms with van der Waals surface area (Å²) in [6.07, 6.45) is 2.13. The number of piperidine rings is 1. The van der Waals surface area contributed by atoms with Crippen molar-refractivity contribution in [2.75, 3.05) is 11.9 Å². The van der Waals surface area contributed by atoms with Crippen LogP contribution in [0.25, 0.3) is 0 Å². The number of amides is 1. The Hall–Kier alpha value is -1.68. The first-order valence-corrected chi connectivity index (χ1v) is 7.05. The van der Waals surface area contributed by atoms with Gasteiger partial charge < -0.3 is 10.6 Å². The predicted molar refractivity (Wildman–Crippen MR) is 79.9 cm³/mol. The number of benzene rings is 1. The molecular formula is C16H22N2O2. The van der Waals surface area contributed by atoms with E-state index in [1.807, 2.05) is 0 Å². The molecular weight excluding hydrogens is 252 g/mol. The molecule has 0 aromatic heterocycles. The lowest BCUT2D eigenvalue weighted by molar-refractivity contribution is -0.121. The largest absolute Gasteiger partial charge is 0.325 e. The molecule has 4 nitrogen and oxygen atoms in total. The van der Waals surface area contributed by atoms with Gasteiger partial charge in [0.25, 0.3) is 0 Å². The maximum absolute atomic E-state index is 12.4. The van der Waals surface area contributed by atoms with Crippen LogP contribution in [0.1, 0.15) is 44.0 Å². The van der Waals surface area contributed by atoms with Crippen LogP contribution in [0.2, 0.25) is 0 Å². The predicted octanol–water partition coefficient (Wildman–Crippen LogP) is 2.61. The molecule has 0 aliphatic carbocycles. The van der Waals surface area contributed by atoms with Gasteiger partial charge in [-0.15, -0.1) is 0 Å². The average Bonchev–Trinajstić information content (AvgIpc) is 2.38. The first-order chi connectivity index (χ1) is 9.40. The van der Waals surface area contributed by atoms with Crippen molar-refractivity contribution in [3.05, 3.63) is 29.8 Å². The van der Waals surface area contributed by atoms with Crippen molar-refractivity contribution in [3.63, 3.8) is 0 Å². The molecule has 108 valence electrons. The van der Waals surface area contributed by atoms with E-state index < -0.39 is 0 Å². The van der Waals surface area contributed by atoms with Gasteiger partial charge in [-0.1, -0.05) is 26.0 Å². The van der Waals surface area contributed by atoms with Gasteiger partial charge in [0.15, 0.2) is 5.78 Å². The number of Topliss-reactive ketones (excluding diaryl/α,β-unsaturated/α-hetero) is 1. The molecule has 1 aliphatic rings. The third-order valence-corrected chi connectivity index (χ3v) is 3.93. The van der Waals surface area contributed by atoms with Crippen LogP contribution in [0.4, 0.5) is 5.69 Å². The second-order valence-electron chi connectivity index (χ2n) is 6.11. The lowest BCUT2D eigenvalue weighted by Crippen LogP contribution is -2.53. The zero-order chi connectivity index (χ0) is 14.8. The Bertz CT molecular complexity index is 523. The molecule has 1 unspecified atom stereocenters. The standard InChI is InChI=1S/C16H22N2O2/c1-11(19)12-6-4-7-13(10-12)18-15(20)14-16(2,3)8-5-9-17-14/h4,6-7,10,14,17H,5,8-9H2,1-3H3,(H,18,20). The quantitative estimate of drug-likeness (QED) is 0.833. The highest BCUT2D eigenvalue weighted by atomic mass is 16.2. The summed E-state index contributed by atoms with van der Waals surface area (Å²) in [5, 5.41) is 6.20. The smallest absolute Gasteiger partial charge is 0.242 e. The van der Waals surface area contributed by atoms with Gasteiger partial charge in [-0.2, -0.15) is 0 Å². The van der Waals surface area contributed by atoms with Gasteiger partial charge >= 0.3 is 0 Å². The Balaban J connectivity index is 2.11. The molecule has 1 aromatic carbocycles. The Morgan fingerprint density at radius 3 is 2.75 bits per heavy atom. The lowest BCUT2D eigenvalue weighted by atomic mass is 9.77. The van der Waals surface area contributed by atoms with Crippen LogP contribution in [0.3, 0.4) is 0 Å². The van der Waals surface area contributed by atoms with Gasteiger partial charge in [0.2, 0.25) is 5.91 Å². The summed E-state index contributed by atoms with van der Waals surface area (Å²) >= 11 is 0. The molecule has 4 heteroatoms. The fourth-order valence-corrected chi connectivity index (χ4v) is 2.69. The number of hydrogen-bond acceptors (Lipinski definition) is 3. The number of carbonyl (C=O) groups excluding carboxylic acids is 2. The first-order valence-electron chi connectivity index (χ1n) is 7.05. The molecule has 1 fully saturated rings. The number of ketones is 1. The molecule has 1 saturated heterocycles. The molecule has 1 aliphatic heterocycles. The molecule has 0 saturated carbocycles. The lowest BCUT2D eigenvalue weighted by Gasteiger charge is -2.38. The molecule has 2 rings (SSSR count). The minimum Gasteiger partial charge on any atom is -0.325 e. The van der Waals surface area contributed by atoms with E-state index in [4.69, 9.17) is 0 Å². The van der Waals surface area contributed by atoms with Crippen LogP contribution >= 0.6 is 0 Å². The Kier molecular flexibility index (Phi) is 4.23. The van der Waals surface area contributed by atoms with Crippen LogP contribution in [0.15, 0.2) is 24.3 Å². The van der Waals surface area contributed by atoms with Gasteiger partial charge in [0, 0.05) is 11.3 Å². The summed E-state index contributed by atoms with van der Waals surface area (Å²) in [4.78, 5) is 23.8. The van der Waals surface area contributed by atoms with Crippen LogP contribution < -0.4 is 10.6 Å². The monoisotopic (exact) mass is 274 g/mol. The van der Waals surface area contributed by atoms with E-state index in [0.717, 1.165) is 19.4 Å². The van der Waals surface area contributed by atoms with Crippen LogP contribution in [-0.4, -0.2) is 24.3 Å². The van der Waals surface area contributed by atoms with Crippen LogP contribution in [-0.2, 0) is 4.79 Å². The highest BCUT2D eigenvalue weighted by molar-refractivity contribution is 5.98. The highest BCUT2D eigenvalue weighted by Crippen LogP contribution is 2.30. The number of rotatable bonds is 3. The Morgan fingerprint density at radius 1 is 1.35 bits per heavy atom. The van der Waals surface area contributed by atoms with E-state index in [-0.39, 0.29) is 23.1 Å². The van der Waals surface area contributed by atoms with Gasteiger partial charge in [-0.3, -0.25) is 9.59 Å². The van der Waals surface area contributed by atoms with Gasteiger partial charge in [0.1, 0.15) is 0 Å². The number of carbonyl (C=O) groups is 2. The summed E-state index contributed by atoms with van der Waals surface area (Å²) in [6.45, 7) is 6.60. The van der Waals surface area contributed by atoms with E-state index in [2.05, 4.69) is 24.5 Å². The maximum Gasteiger partial charge on any atom is 0.242 e. The molecule has 20 heavy (non-hydrogen) atoms. The van der Waals surface area contributed by atoms with Gasteiger partial charge in [0.05, 0.1) is 6.04 Å². The van der Waals surface area contributed by atoms with E-state index in [1.165, 1.54) is 6.92 Å². The first kappa shape index (κ1) is 14.7. The average molecular weight is 274 g/mol. The summed E-state index contributed by atoms with van der Waals surface area (Å²) in [5.41, 5.74) is 1.23. The molecule has 1 aromatic rings. The number of anilines is 1. The fourth-order valence-electron chi connectivity index (χ4n) is 2.69. The third kappa shape index (κ3) is 3.25. The zero-order valence-electron chi connectivity index (χ0n) is 12.3. The molecule has 1 atom stereocenters. The minimum atomic E-state index is -0.197. The molecule has 0 spiro atoms. The zero-order valence-corrected chi connectivity index (χ0v) is 12.3. The molecule has 2 N–H and O–H groups in total. The molecule has 0 radical (unpaired) electrons. The summed E-state index contributed by atoms with van der Waals surface area (Å²) in [5.74, 6) is -0.0346. The summed E-state index contributed by atoms with van der Waals surface area (Å²) in [6, 6.07) is 6.86. The minimum absolute atomic E-state index is 0.00257. The molecule has 1 heterocycles. The summed E-state index contributed by atoms with van der Waals surface area (Å²) < 4.78 is 0. The van der Waals surface area contributed by atoms with Crippen molar-refractivity contribution in [1.82, 2.24) is 5.32 Å². The van der Waals surface area contributed by atoms with E-state index in [1.54, 1.807) is 24.3 Å². The Morgan fingerprint density at radius 2 is 2.10 bits per heavy atom. The molecule has 0 bridgehead atoms. The van der Waals surface area contributed by atoms with Crippen LogP contribution in [0.5, 0.6) is 0 Å². The normalized spacial score (nSPS) is 21.2. The summed E-state index contributed by atoms with van der Waals surface area (Å²) in [7, 11) is 0. The van der Waals surface area contributed by atoms with Crippen molar-refractivity contribution < 1.29 is 9.59 Å². The second kappa shape index (κ2) is 5.75. The van der Waals surface area contributed by atoms with Crippen molar-refractivity contribution in [2.24, 2.45) is 5.41 Å². The van der Waals surface area contributed by atoms with Crippen molar-refractivity contribution >= 4 is 17.4 Å². The molecule has 1 amide bonds. The topological polar surface area (TPSA) is 58.2 Å². The van der Waals surface area contributed by atoms with Crippen molar-refractivity contribution in [1.29, 1.82) is 0 Å². The Labute approximate surface area is 119 Å². The second-order valence-corrected chi connectivity index (χ2v) is 6.11. The highest BCUT2D eigenvalue weighted by Gasteiger charge is 2.37. The van der Waals surface area contributed by atoms with Crippen molar-refractivity contribution in [3.8, 4) is 0 Å².